The molecule has 0 saturated heterocycles. The molecule has 3 amide bonds. The van der Waals surface area contributed by atoms with Gasteiger partial charge >= 0.3 is 6.03 Å². The van der Waals surface area contributed by atoms with E-state index in [0.29, 0.717) is 18.2 Å². The predicted molar refractivity (Wildman–Crippen MR) is 101 cm³/mol. The largest absolute Gasteiger partial charge is 0.459 e. The first-order chi connectivity index (χ1) is 14.0. The van der Waals surface area contributed by atoms with Crippen molar-refractivity contribution in [1.29, 1.82) is 0 Å². The molecule has 0 aliphatic heterocycles. The third-order valence-corrected chi connectivity index (χ3v) is 3.84. The molecule has 0 unspecified atom stereocenters. The number of urea groups is 1. The summed E-state index contributed by atoms with van der Waals surface area (Å²) in [7, 11) is 0. The van der Waals surface area contributed by atoms with E-state index < -0.39 is 17.8 Å². The van der Waals surface area contributed by atoms with Crippen LogP contribution >= 0.6 is 0 Å². The number of furan rings is 1. The maximum absolute atomic E-state index is 13.6. The number of nitrogens with one attached hydrogen (secondary N) is 2. The second kappa shape index (κ2) is 9.60. The van der Waals surface area contributed by atoms with Crippen LogP contribution in [-0.4, -0.2) is 40.1 Å². The Morgan fingerprint density at radius 3 is 2.72 bits per heavy atom. The lowest BCUT2D eigenvalue weighted by Gasteiger charge is -2.18. The number of carbonyl (C=O) groups excluding carboxylic acids is 2. The Kier molecular flexibility index (Phi) is 6.69. The lowest BCUT2D eigenvalue weighted by Crippen LogP contribution is -2.42. The summed E-state index contributed by atoms with van der Waals surface area (Å²) >= 11 is 0. The average molecular weight is 401 g/mol. The maximum atomic E-state index is 13.6. The normalized spacial score (nSPS) is 10.9. The van der Waals surface area contributed by atoms with Crippen molar-refractivity contribution in [3.05, 3.63) is 54.4 Å². The van der Waals surface area contributed by atoms with Gasteiger partial charge in [0.1, 0.15) is 5.82 Å². The topological polar surface area (TPSA) is 114 Å². The molecule has 29 heavy (non-hydrogen) atoms. The van der Waals surface area contributed by atoms with Crippen LogP contribution in [0.3, 0.4) is 0 Å². The molecule has 1 aromatic carbocycles. The van der Waals surface area contributed by atoms with Gasteiger partial charge in [0.2, 0.25) is 11.8 Å². The number of halogens is 1. The lowest BCUT2D eigenvalue weighted by atomic mass is 10.3. The smallest absolute Gasteiger partial charge is 0.326 e. The summed E-state index contributed by atoms with van der Waals surface area (Å²) in [5.41, 5.74) is -0.0143. The Morgan fingerprint density at radius 1 is 1.17 bits per heavy atom. The van der Waals surface area contributed by atoms with Crippen LogP contribution in [0, 0.1) is 5.82 Å². The minimum absolute atomic E-state index is 0.0143. The van der Waals surface area contributed by atoms with Gasteiger partial charge in [0, 0.05) is 0 Å². The summed E-state index contributed by atoms with van der Waals surface area (Å²) in [6, 6.07) is 8.28. The zero-order chi connectivity index (χ0) is 20.6. The predicted octanol–water partition coefficient (Wildman–Crippen LogP) is 3.03. The van der Waals surface area contributed by atoms with Gasteiger partial charge in [-0.2, -0.15) is 0 Å². The number of anilines is 1. The Morgan fingerprint density at radius 2 is 2.00 bits per heavy atom. The molecule has 3 rings (SSSR count). The molecule has 0 aliphatic carbocycles. The van der Waals surface area contributed by atoms with Gasteiger partial charge < -0.3 is 14.2 Å². The van der Waals surface area contributed by atoms with Gasteiger partial charge in [-0.3, -0.25) is 15.0 Å². The van der Waals surface area contributed by atoms with Gasteiger partial charge in [-0.1, -0.05) is 19.1 Å². The van der Waals surface area contributed by atoms with E-state index in [9.17, 15) is 14.0 Å². The minimum atomic E-state index is -0.811. The van der Waals surface area contributed by atoms with Crippen molar-refractivity contribution in [3.63, 3.8) is 0 Å². The number of aromatic nitrogens is 2. The summed E-state index contributed by atoms with van der Waals surface area (Å²) < 4.78 is 24.3. The first kappa shape index (κ1) is 20.2. The molecule has 3 aromatic rings. The van der Waals surface area contributed by atoms with Crippen molar-refractivity contribution in [2.75, 3.05) is 18.4 Å². The van der Waals surface area contributed by atoms with E-state index in [1.807, 2.05) is 6.92 Å². The number of amides is 3. The van der Waals surface area contributed by atoms with E-state index >= 15 is 0 Å². The number of carbonyl (C=O) groups is 2. The summed E-state index contributed by atoms with van der Waals surface area (Å²) in [5, 5.41) is 12.4. The van der Waals surface area contributed by atoms with Crippen LogP contribution < -0.4 is 10.6 Å². The summed E-state index contributed by atoms with van der Waals surface area (Å²) in [6.07, 6.45) is 2.27. The van der Waals surface area contributed by atoms with E-state index in [0.717, 1.165) is 6.42 Å². The highest BCUT2D eigenvalue weighted by Crippen LogP contribution is 2.18. The quantitative estimate of drug-likeness (QED) is 0.596. The highest BCUT2D eigenvalue weighted by Gasteiger charge is 2.18. The molecular formula is C19H20FN5O4. The van der Waals surface area contributed by atoms with Crippen LogP contribution in [0.2, 0.25) is 0 Å². The number of rotatable bonds is 8. The number of nitrogens with zero attached hydrogens (tertiary/aromatic N) is 3. The Bertz CT molecular complexity index is 957. The van der Waals surface area contributed by atoms with Crippen molar-refractivity contribution in [2.45, 2.75) is 19.9 Å². The van der Waals surface area contributed by atoms with Crippen molar-refractivity contribution >= 4 is 17.6 Å². The molecular weight excluding hydrogens is 381 g/mol. The van der Waals surface area contributed by atoms with Crippen molar-refractivity contribution < 1.29 is 22.8 Å². The molecule has 9 nitrogen and oxygen atoms in total. The number of para-hydroxylation sites is 1. The van der Waals surface area contributed by atoms with E-state index in [4.69, 9.17) is 8.83 Å². The standard InChI is InChI=1S/C19H20FN5O4/c1-2-9-25(12-17-23-24-18(29-17)15-8-5-10-28-15)11-16(26)22-19(27)21-14-7-4-3-6-13(14)20/h3-8,10H,2,9,11-12H2,1H3,(H2,21,22,26,27). The zero-order valence-corrected chi connectivity index (χ0v) is 15.7. The number of benzene rings is 1. The molecule has 152 valence electrons. The Labute approximate surface area is 165 Å². The maximum Gasteiger partial charge on any atom is 0.326 e. The molecule has 0 spiro atoms. The van der Waals surface area contributed by atoms with Gasteiger partial charge in [0.25, 0.3) is 5.89 Å². The fourth-order valence-corrected chi connectivity index (χ4v) is 2.62. The summed E-state index contributed by atoms with van der Waals surface area (Å²) in [4.78, 5) is 25.9. The fourth-order valence-electron chi connectivity index (χ4n) is 2.62. The molecule has 2 aromatic heterocycles. The van der Waals surface area contributed by atoms with E-state index in [1.165, 1.54) is 24.5 Å². The van der Waals surface area contributed by atoms with Crippen molar-refractivity contribution in [1.82, 2.24) is 20.4 Å². The molecule has 0 bridgehead atoms. The van der Waals surface area contributed by atoms with Crippen LogP contribution in [0.4, 0.5) is 14.9 Å². The first-order valence-corrected chi connectivity index (χ1v) is 8.99. The molecule has 2 heterocycles. The zero-order valence-electron chi connectivity index (χ0n) is 15.7. The third-order valence-electron chi connectivity index (χ3n) is 3.84. The number of hydrogen-bond donors (Lipinski definition) is 2. The summed E-state index contributed by atoms with van der Waals surface area (Å²) in [5.74, 6) is -0.124. The monoisotopic (exact) mass is 401 g/mol. The van der Waals surface area contributed by atoms with Crippen molar-refractivity contribution in [3.8, 4) is 11.7 Å². The van der Waals surface area contributed by atoms with Crippen LogP contribution in [0.25, 0.3) is 11.7 Å². The second-order valence-electron chi connectivity index (χ2n) is 6.17. The Hall–Kier alpha value is -3.53. The van der Waals surface area contributed by atoms with Crippen LogP contribution in [0.15, 0.2) is 51.5 Å². The first-order valence-electron chi connectivity index (χ1n) is 8.99. The molecule has 0 saturated carbocycles. The minimum Gasteiger partial charge on any atom is -0.459 e. The van der Waals surface area contributed by atoms with Crippen LogP contribution in [0.5, 0.6) is 0 Å². The van der Waals surface area contributed by atoms with Gasteiger partial charge in [-0.25, -0.2) is 9.18 Å². The second-order valence-corrected chi connectivity index (χ2v) is 6.17. The van der Waals surface area contributed by atoms with Crippen molar-refractivity contribution in [2.24, 2.45) is 0 Å². The van der Waals surface area contributed by atoms with Gasteiger partial charge in [-0.05, 0) is 37.2 Å². The van der Waals surface area contributed by atoms with Gasteiger partial charge in [0.05, 0.1) is 25.0 Å². The highest BCUT2D eigenvalue weighted by molar-refractivity contribution is 6.01. The molecule has 0 fully saturated rings. The molecule has 0 atom stereocenters. The number of imide groups is 1. The molecule has 0 radical (unpaired) electrons. The fraction of sp³-hybridized carbons (Fsp3) is 0.263. The van der Waals surface area contributed by atoms with E-state index in [1.54, 1.807) is 23.1 Å². The van der Waals surface area contributed by atoms with Crippen LogP contribution in [0.1, 0.15) is 19.2 Å². The SMILES string of the molecule is CCCN(CC(=O)NC(=O)Nc1ccccc1F)Cc1nnc(-c2ccco2)o1. The molecule has 0 aliphatic rings. The van der Waals surface area contributed by atoms with E-state index in [-0.39, 0.29) is 24.7 Å². The Balaban J connectivity index is 1.55. The molecule has 2 N–H and O–H groups in total. The van der Waals surface area contributed by atoms with Crippen LogP contribution in [-0.2, 0) is 11.3 Å². The highest BCUT2D eigenvalue weighted by atomic mass is 19.1. The van der Waals surface area contributed by atoms with Gasteiger partial charge in [0.15, 0.2) is 5.76 Å². The van der Waals surface area contributed by atoms with E-state index in [2.05, 4.69) is 20.8 Å². The lowest BCUT2D eigenvalue weighted by molar-refractivity contribution is -0.121. The van der Waals surface area contributed by atoms with Gasteiger partial charge in [-0.15, -0.1) is 10.2 Å². The molecule has 10 heteroatoms. The third kappa shape index (κ3) is 5.72. The average Bonchev–Trinajstić information content (AvgIpc) is 3.35. The number of hydrogen-bond acceptors (Lipinski definition) is 7. The summed E-state index contributed by atoms with van der Waals surface area (Å²) in [6.45, 7) is 2.68.